The fraction of sp³-hybridized carbons (Fsp3) is 0.571. The summed E-state index contributed by atoms with van der Waals surface area (Å²) >= 11 is 0. The lowest BCUT2D eigenvalue weighted by Gasteiger charge is -2.28. The first-order valence-electron chi connectivity index (χ1n) is 7.36. The van der Waals surface area contributed by atoms with Crippen LogP contribution in [0.15, 0.2) is 4.42 Å². The number of aromatic nitrogens is 2. The molecule has 0 unspecified atom stereocenters. The van der Waals surface area contributed by atoms with Crippen LogP contribution in [-0.2, 0) is 12.8 Å². The topological polar surface area (TPSA) is 80.2 Å². The molecule has 4 rings (SSSR count). The smallest absolute Gasteiger partial charge is 0.222 e. The minimum atomic E-state index is 0.347. The lowest BCUT2D eigenvalue weighted by atomic mass is 9.98. The van der Waals surface area contributed by atoms with Gasteiger partial charge in [-0.25, -0.2) is 4.98 Å². The van der Waals surface area contributed by atoms with Crippen molar-refractivity contribution in [2.75, 3.05) is 36.8 Å². The van der Waals surface area contributed by atoms with Gasteiger partial charge in [0.1, 0.15) is 11.3 Å². The first-order valence-corrected chi connectivity index (χ1v) is 7.36. The van der Waals surface area contributed by atoms with E-state index in [1.807, 2.05) is 0 Å². The minimum absolute atomic E-state index is 0.347. The summed E-state index contributed by atoms with van der Waals surface area (Å²) in [6.07, 6.45) is 4.44. The second-order valence-corrected chi connectivity index (χ2v) is 5.53. The lowest BCUT2D eigenvalue weighted by Crippen LogP contribution is -2.44. The Bertz CT molecular complexity index is 645. The highest BCUT2D eigenvalue weighted by atomic mass is 16.3. The molecule has 0 amide bonds. The summed E-state index contributed by atoms with van der Waals surface area (Å²) in [5.41, 5.74) is 8.92. The normalized spacial score (nSPS) is 19.3. The second-order valence-electron chi connectivity index (χ2n) is 5.53. The van der Waals surface area contributed by atoms with Crippen LogP contribution in [0.25, 0.3) is 11.1 Å². The van der Waals surface area contributed by atoms with Gasteiger partial charge in [0.2, 0.25) is 5.95 Å². The molecule has 3 N–H and O–H groups in total. The van der Waals surface area contributed by atoms with Gasteiger partial charge < -0.3 is 20.4 Å². The summed E-state index contributed by atoms with van der Waals surface area (Å²) in [6.45, 7) is 3.78. The third-order valence-corrected chi connectivity index (χ3v) is 4.21. The number of hydrogen-bond donors (Lipinski definition) is 2. The molecule has 2 aromatic heterocycles. The van der Waals surface area contributed by atoms with Gasteiger partial charge in [0.15, 0.2) is 11.4 Å². The third kappa shape index (κ3) is 1.83. The van der Waals surface area contributed by atoms with Crippen molar-refractivity contribution in [1.82, 2.24) is 15.3 Å². The van der Waals surface area contributed by atoms with Crippen LogP contribution in [0, 0.1) is 0 Å². The van der Waals surface area contributed by atoms with Gasteiger partial charge in [-0.1, -0.05) is 0 Å². The highest BCUT2D eigenvalue weighted by molar-refractivity contribution is 5.88. The zero-order valence-electron chi connectivity index (χ0n) is 11.5. The molecular weight excluding hydrogens is 254 g/mol. The Hall–Kier alpha value is -1.82. The average Bonchev–Trinajstić information content (AvgIpc) is 2.86. The molecular formula is C14H19N5O. The number of fused-ring (bicyclic) bond motifs is 3. The van der Waals surface area contributed by atoms with Crippen LogP contribution in [0.2, 0.25) is 0 Å². The van der Waals surface area contributed by atoms with Gasteiger partial charge in [0.05, 0.1) is 0 Å². The van der Waals surface area contributed by atoms with E-state index in [0.29, 0.717) is 5.95 Å². The first kappa shape index (κ1) is 12.0. The van der Waals surface area contributed by atoms with Crippen LogP contribution in [0.3, 0.4) is 0 Å². The Morgan fingerprint density at radius 2 is 1.90 bits per heavy atom. The standard InChI is InChI=1S/C14H19N5O/c15-14-17-11-9-3-1-2-4-10(9)20-12(11)13(18-14)19-7-5-16-6-8-19/h16H,1-8H2,(H2,15,17,18). The maximum atomic E-state index is 6.09. The van der Waals surface area contributed by atoms with E-state index in [4.69, 9.17) is 10.2 Å². The van der Waals surface area contributed by atoms with Gasteiger partial charge in [-0.3, -0.25) is 0 Å². The van der Waals surface area contributed by atoms with E-state index in [0.717, 1.165) is 61.7 Å². The van der Waals surface area contributed by atoms with Crippen molar-refractivity contribution in [1.29, 1.82) is 0 Å². The average molecular weight is 273 g/mol. The van der Waals surface area contributed by atoms with E-state index in [2.05, 4.69) is 20.2 Å². The van der Waals surface area contributed by atoms with Gasteiger partial charge in [-0.2, -0.15) is 4.98 Å². The molecule has 6 heteroatoms. The first-order chi connectivity index (χ1) is 9.83. The summed E-state index contributed by atoms with van der Waals surface area (Å²) < 4.78 is 6.09. The summed E-state index contributed by atoms with van der Waals surface area (Å²) in [5.74, 6) is 2.30. The summed E-state index contributed by atoms with van der Waals surface area (Å²) in [6, 6.07) is 0. The molecule has 3 heterocycles. The second kappa shape index (κ2) is 4.63. The zero-order valence-corrected chi connectivity index (χ0v) is 11.5. The molecule has 0 atom stereocenters. The van der Waals surface area contributed by atoms with E-state index < -0.39 is 0 Å². The van der Waals surface area contributed by atoms with Crippen molar-refractivity contribution in [3.05, 3.63) is 11.3 Å². The molecule has 0 aromatic carbocycles. The van der Waals surface area contributed by atoms with Crippen LogP contribution in [0.1, 0.15) is 24.2 Å². The van der Waals surface area contributed by atoms with Crippen LogP contribution >= 0.6 is 0 Å². The molecule has 1 fully saturated rings. The third-order valence-electron chi connectivity index (χ3n) is 4.21. The van der Waals surface area contributed by atoms with Gasteiger partial charge >= 0.3 is 0 Å². The van der Waals surface area contributed by atoms with Crippen molar-refractivity contribution in [2.45, 2.75) is 25.7 Å². The minimum Gasteiger partial charge on any atom is -0.455 e. The molecule has 106 valence electrons. The van der Waals surface area contributed by atoms with Crippen LogP contribution in [-0.4, -0.2) is 36.1 Å². The number of nitrogen functional groups attached to an aromatic ring is 1. The van der Waals surface area contributed by atoms with Crippen molar-refractivity contribution >= 4 is 22.9 Å². The van der Waals surface area contributed by atoms with Crippen LogP contribution in [0.4, 0.5) is 11.8 Å². The van der Waals surface area contributed by atoms with Crippen molar-refractivity contribution in [3.63, 3.8) is 0 Å². The van der Waals surface area contributed by atoms with Crippen molar-refractivity contribution in [3.8, 4) is 0 Å². The predicted molar refractivity (Wildman–Crippen MR) is 77.9 cm³/mol. The van der Waals surface area contributed by atoms with Gasteiger partial charge in [0.25, 0.3) is 0 Å². The molecule has 0 bridgehead atoms. The Morgan fingerprint density at radius 1 is 1.10 bits per heavy atom. The molecule has 6 nitrogen and oxygen atoms in total. The van der Waals surface area contributed by atoms with E-state index in [-0.39, 0.29) is 0 Å². The molecule has 0 spiro atoms. The van der Waals surface area contributed by atoms with Gasteiger partial charge in [0, 0.05) is 38.2 Å². The SMILES string of the molecule is Nc1nc(N2CCNCC2)c2oc3c(c2n1)CCCC3. The highest BCUT2D eigenvalue weighted by Gasteiger charge is 2.25. The number of rotatable bonds is 1. The molecule has 1 aliphatic carbocycles. The Balaban J connectivity index is 1.89. The van der Waals surface area contributed by atoms with E-state index in [1.54, 1.807) is 0 Å². The van der Waals surface area contributed by atoms with Gasteiger partial charge in [-0.05, 0) is 19.3 Å². The number of piperazine rings is 1. The van der Waals surface area contributed by atoms with Crippen molar-refractivity contribution in [2.24, 2.45) is 0 Å². The maximum absolute atomic E-state index is 6.09. The van der Waals surface area contributed by atoms with Crippen LogP contribution < -0.4 is 16.0 Å². The predicted octanol–water partition coefficient (Wildman–Crippen LogP) is 1.09. The lowest BCUT2D eigenvalue weighted by molar-refractivity contribution is 0.503. The molecule has 2 aromatic rings. The number of hydrogen-bond acceptors (Lipinski definition) is 6. The fourth-order valence-corrected chi connectivity index (χ4v) is 3.21. The molecule has 1 saturated heterocycles. The number of anilines is 2. The molecule has 1 aliphatic heterocycles. The Labute approximate surface area is 117 Å². The number of nitrogens with zero attached hydrogens (tertiary/aromatic N) is 3. The van der Waals surface area contributed by atoms with E-state index >= 15 is 0 Å². The Kier molecular flexibility index (Phi) is 2.77. The monoisotopic (exact) mass is 273 g/mol. The number of nitrogens with two attached hydrogens (primary N) is 1. The number of aryl methyl sites for hydroxylation is 2. The fourth-order valence-electron chi connectivity index (χ4n) is 3.21. The Morgan fingerprint density at radius 3 is 2.75 bits per heavy atom. The molecule has 20 heavy (non-hydrogen) atoms. The quantitative estimate of drug-likeness (QED) is 0.809. The number of furan rings is 1. The molecule has 2 aliphatic rings. The van der Waals surface area contributed by atoms with Crippen molar-refractivity contribution < 1.29 is 4.42 Å². The summed E-state index contributed by atoms with van der Waals surface area (Å²) in [5, 5.41) is 3.35. The maximum Gasteiger partial charge on any atom is 0.222 e. The van der Waals surface area contributed by atoms with E-state index in [1.165, 1.54) is 18.4 Å². The van der Waals surface area contributed by atoms with E-state index in [9.17, 15) is 0 Å². The largest absolute Gasteiger partial charge is 0.455 e. The summed E-state index contributed by atoms with van der Waals surface area (Å²) in [4.78, 5) is 11.1. The molecule has 0 radical (unpaired) electrons. The summed E-state index contributed by atoms with van der Waals surface area (Å²) in [7, 11) is 0. The van der Waals surface area contributed by atoms with Crippen LogP contribution in [0.5, 0.6) is 0 Å². The zero-order chi connectivity index (χ0) is 13.5. The van der Waals surface area contributed by atoms with Gasteiger partial charge in [-0.15, -0.1) is 0 Å². The number of nitrogens with one attached hydrogen (secondary N) is 1. The highest BCUT2D eigenvalue weighted by Crippen LogP contribution is 2.35. The molecule has 0 saturated carbocycles.